The third-order valence-corrected chi connectivity index (χ3v) is 3.83. The molecule has 20 heavy (non-hydrogen) atoms. The highest BCUT2D eigenvalue weighted by molar-refractivity contribution is 6.30. The number of hydrogen-bond acceptors (Lipinski definition) is 3. The smallest absolute Gasteiger partial charge is 0.234 e. The van der Waals surface area contributed by atoms with Gasteiger partial charge in [0.2, 0.25) is 5.91 Å². The van der Waals surface area contributed by atoms with Gasteiger partial charge in [-0.3, -0.25) is 9.69 Å². The molecule has 1 aromatic carbocycles. The van der Waals surface area contributed by atoms with Crippen LogP contribution in [0.4, 0.5) is 0 Å². The summed E-state index contributed by atoms with van der Waals surface area (Å²) in [5.41, 5.74) is 1.18. The van der Waals surface area contributed by atoms with Gasteiger partial charge in [-0.25, -0.2) is 0 Å². The van der Waals surface area contributed by atoms with Crippen LogP contribution in [0.25, 0.3) is 0 Å². The van der Waals surface area contributed by atoms with Crippen molar-refractivity contribution in [2.75, 3.05) is 33.3 Å². The third-order valence-electron chi connectivity index (χ3n) is 3.58. The van der Waals surface area contributed by atoms with Gasteiger partial charge in [0, 0.05) is 31.8 Å². The first-order valence-corrected chi connectivity index (χ1v) is 7.31. The van der Waals surface area contributed by atoms with Gasteiger partial charge in [-0.2, -0.15) is 0 Å². The summed E-state index contributed by atoms with van der Waals surface area (Å²) in [5.74, 6) is 0.0794. The third kappa shape index (κ3) is 4.78. The minimum Gasteiger partial charge on any atom is -0.380 e. The number of halogens is 1. The predicted octanol–water partition coefficient (Wildman–Crippen LogP) is 1.72. The highest BCUT2D eigenvalue weighted by Gasteiger charge is 2.23. The molecule has 2 rings (SSSR count). The molecule has 0 spiro atoms. The van der Waals surface area contributed by atoms with E-state index in [1.165, 1.54) is 5.56 Å². The number of likely N-dealkylation sites (tertiary alicyclic amines) is 1. The quantitative estimate of drug-likeness (QED) is 0.869. The molecular weight excluding hydrogens is 276 g/mol. The molecule has 4 nitrogen and oxygen atoms in total. The fourth-order valence-electron chi connectivity index (χ4n) is 2.39. The van der Waals surface area contributed by atoms with Crippen molar-refractivity contribution < 1.29 is 9.53 Å². The second kappa shape index (κ2) is 7.62. The van der Waals surface area contributed by atoms with Crippen LogP contribution in [0.15, 0.2) is 24.3 Å². The topological polar surface area (TPSA) is 41.6 Å². The average molecular weight is 297 g/mol. The molecule has 1 N–H and O–H groups in total. The minimum absolute atomic E-state index is 0.0794. The van der Waals surface area contributed by atoms with Crippen LogP contribution >= 0.6 is 11.6 Å². The summed E-state index contributed by atoms with van der Waals surface area (Å²) >= 11 is 5.83. The van der Waals surface area contributed by atoms with Gasteiger partial charge in [0.1, 0.15) is 0 Å². The van der Waals surface area contributed by atoms with E-state index in [2.05, 4.69) is 10.2 Å². The van der Waals surface area contributed by atoms with Gasteiger partial charge in [0.05, 0.1) is 12.6 Å². The number of carbonyl (C=O) groups is 1. The Labute approximate surface area is 125 Å². The minimum atomic E-state index is 0.0794. The van der Waals surface area contributed by atoms with Crippen molar-refractivity contribution in [3.05, 3.63) is 34.9 Å². The van der Waals surface area contributed by atoms with Crippen LogP contribution in [-0.2, 0) is 16.0 Å². The van der Waals surface area contributed by atoms with Crippen LogP contribution in [-0.4, -0.2) is 50.2 Å². The lowest BCUT2D eigenvalue weighted by Crippen LogP contribution is -2.37. The molecule has 1 aliphatic rings. The first-order chi connectivity index (χ1) is 9.67. The van der Waals surface area contributed by atoms with Gasteiger partial charge in [-0.05, 0) is 30.5 Å². The Morgan fingerprint density at radius 2 is 2.20 bits per heavy atom. The summed E-state index contributed by atoms with van der Waals surface area (Å²) in [6.07, 6.45) is 2.11. The Kier molecular flexibility index (Phi) is 5.83. The number of ether oxygens (including phenoxy) is 1. The summed E-state index contributed by atoms with van der Waals surface area (Å²) in [6, 6.07) is 7.71. The van der Waals surface area contributed by atoms with E-state index in [4.69, 9.17) is 16.3 Å². The van der Waals surface area contributed by atoms with Crippen molar-refractivity contribution in [2.45, 2.75) is 18.9 Å². The lowest BCUT2D eigenvalue weighted by Gasteiger charge is -2.15. The Balaban J connectivity index is 1.64. The van der Waals surface area contributed by atoms with Gasteiger partial charge in [0.15, 0.2) is 0 Å². The zero-order valence-electron chi connectivity index (χ0n) is 11.8. The fourth-order valence-corrected chi connectivity index (χ4v) is 2.52. The largest absolute Gasteiger partial charge is 0.380 e. The van der Waals surface area contributed by atoms with Crippen molar-refractivity contribution in [3.63, 3.8) is 0 Å². The van der Waals surface area contributed by atoms with Crippen LogP contribution in [0.5, 0.6) is 0 Å². The highest BCUT2D eigenvalue weighted by Crippen LogP contribution is 2.11. The number of hydrogen-bond donors (Lipinski definition) is 1. The van der Waals surface area contributed by atoms with E-state index < -0.39 is 0 Å². The number of amides is 1. The van der Waals surface area contributed by atoms with E-state index in [-0.39, 0.29) is 12.0 Å². The van der Waals surface area contributed by atoms with E-state index in [0.29, 0.717) is 13.1 Å². The van der Waals surface area contributed by atoms with Gasteiger partial charge in [-0.1, -0.05) is 23.7 Å². The van der Waals surface area contributed by atoms with Crippen molar-refractivity contribution in [1.82, 2.24) is 10.2 Å². The number of benzene rings is 1. The Hall–Kier alpha value is -1.10. The van der Waals surface area contributed by atoms with Crippen LogP contribution in [0.3, 0.4) is 0 Å². The van der Waals surface area contributed by atoms with Crippen LogP contribution in [0.2, 0.25) is 5.02 Å². The van der Waals surface area contributed by atoms with Gasteiger partial charge >= 0.3 is 0 Å². The SMILES string of the molecule is COC1CCN(CC(=O)NCCc2ccc(Cl)cc2)C1. The van der Waals surface area contributed by atoms with Crippen molar-refractivity contribution in [3.8, 4) is 0 Å². The average Bonchev–Trinajstić information content (AvgIpc) is 2.88. The fraction of sp³-hybridized carbons (Fsp3) is 0.533. The molecule has 1 aliphatic heterocycles. The number of carbonyl (C=O) groups excluding carboxylic acids is 1. The zero-order chi connectivity index (χ0) is 14.4. The highest BCUT2D eigenvalue weighted by atomic mass is 35.5. The number of rotatable bonds is 6. The molecule has 0 saturated carbocycles. The van der Waals surface area contributed by atoms with Gasteiger partial charge in [0.25, 0.3) is 0 Å². The van der Waals surface area contributed by atoms with Crippen LogP contribution in [0.1, 0.15) is 12.0 Å². The molecule has 1 heterocycles. The Bertz CT molecular complexity index is 436. The lowest BCUT2D eigenvalue weighted by molar-refractivity contribution is -0.122. The molecular formula is C15H21ClN2O2. The Morgan fingerprint density at radius 3 is 2.85 bits per heavy atom. The maximum absolute atomic E-state index is 11.8. The first-order valence-electron chi connectivity index (χ1n) is 6.93. The van der Waals surface area contributed by atoms with Crippen LogP contribution in [0, 0.1) is 0 Å². The number of nitrogens with one attached hydrogen (secondary N) is 1. The van der Waals surface area contributed by atoms with Crippen LogP contribution < -0.4 is 5.32 Å². The second-order valence-corrected chi connectivity index (χ2v) is 5.54. The molecule has 1 atom stereocenters. The molecule has 110 valence electrons. The van der Waals surface area contributed by atoms with E-state index in [9.17, 15) is 4.79 Å². The van der Waals surface area contributed by atoms with Gasteiger partial charge < -0.3 is 10.1 Å². The zero-order valence-corrected chi connectivity index (χ0v) is 12.5. The summed E-state index contributed by atoms with van der Waals surface area (Å²) in [6.45, 7) is 2.90. The molecule has 1 fully saturated rings. The second-order valence-electron chi connectivity index (χ2n) is 5.11. The van der Waals surface area contributed by atoms with Gasteiger partial charge in [-0.15, -0.1) is 0 Å². The first kappa shape index (κ1) is 15.3. The monoisotopic (exact) mass is 296 g/mol. The molecule has 1 amide bonds. The van der Waals surface area contributed by atoms with E-state index in [1.54, 1.807) is 7.11 Å². The molecule has 0 bridgehead atoms. The molecule has 0 radical (unpaired) electrons. The number of nitrogens with zero attached hydrogens (tertiary/aromatic N) is 1. The van der Waals surface area contributed by atoms with Crippen molar-refractivity contribution >= 4 is 17.5 Å². The maximum Gasteiger partial charge on any atom is 0.234 e. The normalized spacial score (nSPS) is 19.2. The molecule has 0 aromatic heterocycles. The molecule has 1 aromatic rings. The predicted molar refractivity (Wildman–Crippen MR) is 80.0 cm³/mol. The summed E-state index contributed by atoms with van der Waals surface area (Å²) in [7, 11) is 1.72. The van der Waals surface area contributed by atoms with Crippen molar-refractivity contribution in [2.24, 2.45) is 0 Å². The summed E-state index contributed by atoms with van der Waals surface area (Å²) in [4.78, 5) is 14.0. The van der Waals surface area contributed by atoms with E-state index in [0.717, 1.165) is 31.0 Å². The van der Waals surface area contributed by atoms with Crippen molar-refractivity contribution in [1.29, 1.82) is 0 Å². The molecule has 1 saturated heterocycles. The number of methoxy groups -OCH3 is 1. The van der Waals surface area contributed by atoms with E-state index >= 15 is 0 Å². The standard InChI is InChI=1S/C15H21ClN2O2/c1-20-14-7-9-18(10-14)11-15(19)17-8-6-12-2-4-13(16)5-3-12/h2-5,14H,6-11H2,1H3,(H,17,19). The van der Waals surface area contributed by atoms with E-state index in [1.807, 2.05) is 24.3 Å². The molecule has 5 heteroatoms. The molecule has 0 aliphatic carbocycles. The maximum atomic E-state index is 11.8. The summed E-state index contributed by atoms with van der Waals surface area (Å²) in [5, 5.41) is 3.69. The Morgan fingerprint density at radius 1 is 1.45 bits per heavy atom. The summed E-state index contributed by atoms with van der Waals surface area (Å²) < 4.78 is 5.29. The lowest BCUT2D eigenvalue weighted by atomic mass is 10.1. The molecule has 1 unspecified atom stereocenters.